The predicted octanol–water partition coefficient (Wildman–Crippen LogP) is 6.17. The van der Waals surface area contributed by atoms with Crippen LogP contribution in [0.1, 0.15) is 49.8 Å². The largest absolute Gasteiger partial charge is 0.213 e. The molecule has 0 saturated heterocycles. The molecular formula is C25H28N+. The van der Waals surface area contributed by atoms with Crippen molar-refractivity contribution in [1.29, 1.82) is 0 Å². The van der Waals surface area contributed by atoms with Crippen LogP contribution in [0.4, 0.5) is 0 Å². The van der Waals surface area contributed by atoms with E-state index in [2.05, 4.69) is 100.0 Å². The van der Waals surface area contributed by atoms with Crippen LogP contribution in [0.15, 0.2) is 60.8 Å². The molecule has 0 radical (unpaired) electrons. The molecule has 1 heteroatoms. The van der Waals surface area contributed by atoms with Crippen LogP contribution in [0, 0.1) is 13.8 Å². The number of hydrogen-bond acceptors (Lipinski definition) is 0. The van der Waals surface area contributed by atoms with Crippen LogP contribution in [0.25, 0.3) is 22.4 Å². The van der Waals surface area contributed by atoms with E-state index < -0.39 is 0 Å². The summed E-state index contributed by atoms with van der Waals surface area (Å²) in [6.07, 6.45) is 3.38. The Bertz CT molecular complexity index is 981. The fraction of sp³-hybridized carbons (Fsp3) is 0.320. The second-order valence-corrected chi connectivity index (χ2v) is 8.19. The Morgan fingerprint density at radius 3 is 2.50 bits per heavy atom. The van der Waals surface area contributed by atoms with Gasteiger partial charge in [0, 0.05) is 31.9 Å². The molecule has 1 nitrogen and oxygen atoms in total. The van der Waals surface area contributed by atoms with Gasteiger partial charge >= 0.3 is 0 Å². The summed E-state index contributed by atoms with van der Waals surface area (Å²) >= 11 is 0. The lowest BCUT2D eigenvalue weighted by Crippen LogP contribution is -2.59. The van der Waals surface area contributed by atoms with Crippen LogP contribution in [0.3, 0.4) is 0 Å². The number of benzene rings is 2. The molecular weight excluding hydrogens is 314 g/mol. The first-order valence-electron chi connectivity index (χ1n) is 9.66. The van der Waals surface area contributed by atoms with E-state index in [1.54, 1.807) is 0 Å². The van der Waals surface area contributed by atoms with Gasteiger partial charge in [-0.05, 0) is 54.7 Å². The zero-order chi connectivity index (χ0) is 18.5. The molecule has 0 saturated carbocycles. The number of aryl methyl sites for hydroxylation is 2. The van der Waals surface area contributed by atoms with E-state index in [1.165, 1.54) is 39.1 Å². The molecule has 0 N–H and O–H groups in total. The van der Waals surface area contributed by atoms with Gasteiger partial charge in [0.15, 0.2) is 11.7 Å². The van der Waals surface area contributed by atoms with Gasteiger partial charge in [-0.15, -0.1) is 0 Å². The van der Waals surface area contributed by atoms with Gasteiger partial charge in [-0.3, -0.25) is 0 Å². The lowest BCUT2D eigenvalue weighted by atomic mass is 9.73. The second-order valence-electron chi connectivity index (χ2n) is 8.19. The molecule has 2 heterocycles. The zero-order valence-corrected chi connectivity index (χ0v) is 16.5. The van der Waals surface area contributed by atoms with Crippen molar-refractivity contribution in [3.8, 4) is 22.4 Å². The minimum Gasteiger partial charge on any atom is -0.193 e. The summed E-state index contributed by atoms with van der Waals surface area (Å²) in [6.45, 7) is 11.4. The van der Waals surface area contributed by atoms with Gasteiger partial charge in [0.1, 0.15) is 0 Å². The number of fused-ring (bicyclic) bond motifs is 3. The Labute approximate surface area is 157 Å². The molecule has 0 bridgehead atoms. The van der Waals surface area contributed by atoms with E-state index in [9.17, 15) is 0 Å². The zero-order valence-electron chi connectivity index (χ0n) is 16.5. The first-order valence-corrected chi connectivity index (χ1v) is 9.66. The predicted molar refractivity (Wildman–Crippen MR) is 109 cm³/mol. The topological polar surface area (TPSA) is 3.88 Å². The fourth-order valence-corrected chi connectivity index (χ4v) is 4.73. The Morgan fingerprint density at radius 1 is 0.923 bits per heavy atom. The van der Waals surface area contributed by atoms with Crippen molar-refractivity contribution in [2.75, 3.05) is 0 Å². The molecule has 4 rings (SSSR count). The highest BCUT2D eigenvalue weighted by molar-refractivity contribution is 5.76. The third-order valence-corrected chi connectivity index (χ3v) is 6.15. The fourth-order valence-electron chi connectivity index (χ4n) is 4.73. The van der Waals surface area contributed by atoms with Gasteiger partial charge in [0.05, 0.1) is 5.56 Å². The van der Waals surface area contributed by atoms with E-state index in [0.29, 0.717) is 5.92 Å². The molecule has 1 unspecified atom stereocenters. The van der Waals surface area contributed by atoms with E-state index in [0.717, 1.165) is 6.42 Å². The number of rotatable bonds is 2. The maximum absolute atomic E-state index is 2.47. The van der Waals surface area contributed by atoms with Crippen LogP contribution in [0.5, 0.6) is 0 Å². The van der Waals surface area contributed by atoms with Crippen LogP contribution >= 0.6 is 0 Å². The third kappa shape index (κ3) is 2.49. The summed E-state index contributed by atoms with van der Waals surface area (Å²) in [7, 11) is 0. The normalized spacial score (nSPS) is 17.5. The Hall–Kier alpha value is -2.41. The van der Waals surface area contributed by atoms with Crippen molar-refractivity contribution < 1.29 is 4.57 Å². The number of hydrogen-bond donors (Lipinski definition) is 0. The molecule has 1 aliphatic rings. The highest BCUT2D eigenvalue weighted by atomic mass is 15.1. The standard InChI is InChI=1S/C25H28N/c1-6-23-20-13-12-19(21-15-17(2)10-11-18(21)3)16-22(20)24-9-7-8-14-26(24)25(23,4)5/h7-16,23H,6H2,1-5H3/q+1. The minimum absolute atomic E-state index is 0.0825. The summed E-state index contributed by atoms with van der Waals surface area (Å²) < 4.78 is 2.47. The van der Waals surface area contributed by atoms with Crippen molar-refractivity contribution in [3.05, 3.63) is 77.5 Å². The average molecular weight is 343 g/mol. The molecule has 0 spiro atoms. The molecule has 3 aromatic rings. The molecule has 1 atom stereocenters. The highest BCUT2D eigenvalue weighted by Gasteiger charge is 2.45. The molecule has 0 fully saturated rings. The quantitative estimate of drug-likeness (QED) is 0.491. The molecule has 2 aromatic carbocycles. The summed E-state index contributed by atoms with van der Waals surface area (Å²) in [5.41, 5.74) is 9.57. The summed E-state index contributed by atoms with van der Waals surface area (Å²) in [5.74, 6) is 0.519. The Morgan fingerprint density at radius 2 is 1.73 bits per heavy atom. The first-order chi connectivity index (χ1) is 12.4. The highest BCUT2D eigenvalue weighted by Crippen LogP contribution is 2.44. The van der Waals surface area contributed by atoms with E-state index in [1.807, 2.05) is 0 Å². The molecule has 1 aliphatic heterocycles. The van der Waals surface area contributed by atoms with Crippen LogP contribution in [-0.4, -0.2) is 0 Å². The summed E-state index contributed by atoms with van der Waals surface area (Å²) in [5, 5.41) is 0. The summed E-state index contributed by atoms with van der Waals surface area (Å²) in [4.78, 5) is 0. The van der Waals surface area contributed by atoms with Gasteiger partial charge in [-0.25, -0.2) is 0 Å². The van der Waals surface area contributed by atoms with Crippen molar-refractivity contribution in [1.82, 2.24) is 0 Å². The Balaban J connectivity index is 1.97. The number of nitrogens with zero attached hydrogens (tertiary/aromatic N) is 1. The number of pyridine rings is 1. The lowest BCUT2D eigenvalue weighted by Gasteiger charge is -2.35. The van der Waals surface area contributed by atoms with Crippen LogP contribution in [-0.2, 0) is 5.54 Å². The van der Waals surface area contributed by atoms with Crippen molar-refractivity contribution in [2.45, 2.75) is 52.5 Å². The maximum Gasteiger partial charge on any atom is 0.213 e. The van der Waals surface area contributed by atoms with Gasteiger partial charge in [-0.2, -0.15) is 4.57 Å². The first kappa shape index (κ1) is 17.0. The maximum atomic E-state index is 2.47. The van der Waals surface area contributed by atoms with Crippen molar-refractivity contribution in [2.24, 2.45) is 0 Å². The second kappa shape index (κ2) is 6.09. The van der Waals surface area contributed by atoms with E-state index in [-0.39, 0.29) is 5.54 Å². The molecule has 0 aliphatic carbocycles. The minimum atomic E-state index is 0.0825. The number of aromatic nitrogens is 1. The van der Waals surface area contributed by atoms with E-state index in [4.69, 9.17) is 0 Å². The van der Waals surface area contributed by atoms with Gasteiger partial charge in [-0.1, -0.05) is 42.8 Å². The Kier molecular flexibility index (Phi) is 3.99. The third-order valence-electron chi connectivity index (χ3n) is 6.15. The van der Waals surface area contributed by atoms with Gasteiger partial charge in [0.25, 0.3) is 0 Å². The monoisotopic (exact) mass is 342 g/mol. The van der Waals surface area contributed by atoms with Crippen molar-refractivity contribution >= 4 is 0 Å². The van der Waals surface area contributed by atoms with Crippen LogP contribution < -0.4 is 4.57 Å². The van der Waals surface area contributed by atoms with Crippen LogP contribution in [0.2, 0.25) is 0 Å². The smallest absolute Gasteiger partial charge is 0.193 e. The SMILES string of the molecule is CCC1c2ccc(-c3cc(C)ccc3C)cc2-c2cccc[n+]2C1(C)C. The molecule has 132 valence electrons. The average Bonchev–Trinajstić information content (AvgIpc) is 2.64. The van der Waals surface area contributed by atoms with Gasteiger partial charge < -0.3 is 0 Å². The summed E-state index contributed by atoms with van der Waals surface area (Å²) in [6, 6.07) is 20.4. The molecule has 0 amide bonds. The van der Waals surface area contributed by atoms with Crippen molar-refractivity contribution in [3.63, 3.8) is 0 Å². The molecule has 1 aromatic heterocycles. The van der Waals surface area contributed by atoms with Gasteiger partial charge in [0.2, 0.25) is 5.69 Å². The van der Waals surface area contributed by atoms with E-state index >= 15 is 0 Å². The molecule has 26 heavy (non-hydrogen) atoms. The lowest BCUT2D eigenvalue weighted by molar-refractivity contribution is -0.754.